The molecule has 1 atom stereocenters. The first-order valence-electron chi connectivity index (χ1n) is 4.83. The number of rotatable bonds is 5. The Morgan fingerprint density at radius 2 is 2.31 bits per heavy atom. The highest BCUT2D eigenvalue weighted by molar-refractivity contribution is 5.70. The fourth-order valence-electron chi connectivity index (χ4n) is 1.39. The zero-order chi connectivity index (χ0) is 12.1. The van der Waals surface area contributed by atoms with Crippen molar-refractivity contribution < 1.29 is 19.0 Å². The number of nitrogens with two attached hydrogens (primary N) is 1. The monoisotopic (exact) mass is 227 g/mol. The highest BCUT2D eigenvalue weighted by Crippen LogP contribution is 2.19. The molecule has 88 valence electrons. The minimum Gasteiger partial charge on any atom is -0.494 e. The third-order valence-electron chi connectivity index (χ3n) is 2.33. The van der Waals surface area contributed by atoms with Gasteiger partial charge >= 0.3 is 5.97 Å². The van der Waals surface area contributed by atoms with E-state index in [2.05, 4.69) is 0 Å². The summed E-state index contributed by atoms with van der Waals surface area (Å²) < 4.78 is 18.1. The minimum absolute atomic E-state index is 0.0307. The average Bonchev–Trinajstić information content (AvgIpc) is 2.25. The lowest BCUT2D eigenvalue weighted by atomic mass is 9.99. The van der Waals surface area contributed by atoms with Gasteiger partial charge in [0.1, 0.15) is 0 Å². The lowest BCUT2D eigenvalue weighted by Gasteiger charge is -2.10. The van der Waals surface area contributed by atoms with E-state index >= 15 is 0 Å². The van der Waals surface area contributed by atoms with Crippen LogP contribution in [-0.4, -0.2) is 24.7 Å². The fraction of sp³-hybridized carbons (Fsp3) is 0.364. The Bertz CT molecular complexity index is 381. The SMILES string of the molecule is COc1ccc(C[C@@H](CN)C(=O)O)cc1F. The molecule has 1 aromatic rings. The minimum atomic E-state index is -0.973. The summed E-state index contributed by atoms with van der Waals surface area (Å²) in [7, 11) is 1.37. The van der Waals surface area contributed by atoms with Gasteiger partial charge in [0, 0.05) is 6.54 Å². The Kier molecular flexibility index (Phi) is 4.25. The summed E-state index contributed by atoms with van der Waals surface area (Å²) in [5, 5.41) is 8.81. The lowest BCUT2D eigenvalue weighted by molar-refractivity contribution is -0.141. The lowest BCUT2D eigenvalue weighted by Crippen LogP contribution is -2.25. The van der Waals surface area contributed by atoms with Crippen LogP contribution < -0.4 is 10.5 Å². The first kappa shape index (κ1) is 12.4. The molecule has 3 N–H and O–H groups in total. The van der Waals surface area contributed by atoms with Crippen LogP contribution in [-0.2, 0) is 11.2 Å². The number of carboxylic acids is 1. The van der Waals surface area contributed by atoms with E-state index in [1.165, 1.54) is 19.2 Å². The molecule has 0 aliphatic carbocycles. The van der Waals surface area contributed by atoms with Crippen molar-refractivity contribution in [1.82, 2.24) is 0 Å². The summed E-state index contributed by atoms with van der Waals surface area (Å²) in [6.07, 6.45) is 0.215. The van der Waals surface area contributed by atoms with Crippen molar-refractivity contribution in [2.24, 2.45) is 11.7 Å². The number of aliphatic carboxylic acids is 1. The summed E-state index contributed by atoms with van der Waals surface area (Å²) in [4.78, 5) is 10.7. The molecule has 1 rings (SSSR count). The quantitative estimate of drug-likeness (QED) is 0.788. The number of carboxylic acid groups (broad SMARTS) is 1. The van der Waals surface area contributed by atoms with Gasteiger partial charge in [0.2, 0.25) is 0 Å². The zero-order valence-electron chi connectivity index (χ0n) is 8.94. The van der Waals surface area contributed by atoms with Crippen molar-refractivity contribution in [1.29, 1.82) is 0 Å². The van der Waals surface area contributed by atoms with Crippen molar-refractivity contribution in [2.45, 2.75) is 6.42 Å². The van der Waals surface area contributed by atoms with Gasteiger partial charge in [0.05, 0.1) is 13.0 Å². The predicted octanol–water partition coefficient (Wildman–Crippen LogP) is 1.04. The van der Waals surface area contributed by atoms with E-state index < -0.39 is 17.7 Å². The van der Waals surface area contributed by atoms with Crippen LogP contribution in [0.2, 0.25) is 0 Å². The van der Waals surface area contributed by atoms with Crippen LogP contribution in [0.3, 0.4) is 0 Å². The molecule has 1 aromatic carbocycles. The third-order valence-corrected chi connectivity index (χ3v) is 2.33. The molecule has 0 heterocycles. The Balaban J connectivity index is 2.81. The Hall–Kier alpha value is -1.62. The van der Waals surface area contributed by atoms with Gasteiger partial charge in [-0.05, 0) is 24.1 Å². The van der Waals surface area contributed by atoms with E-state index in [1.54, 1.807) is 6.07 Å². The van der Waals surface area contributed by atoms with Crippen molar-refractivity contribution in [3.8, 4) is 5.75 Å². The summed E-state index contributed by atoms with van der Waals surface area (Å²) in [6.45, 7) is 0.0307. The van der Waals surface area contributed by atoms with Crippen molar-refractivity contribution >= 4 is 5.97 Å². The Morgan fingerprint density at radius 3 is 2.75 bits per heavy atom. The van der Waals surface area contributed by atoms with E-state index in [4.69, 9.17) is 15.6 Å². The first-order chi connectivity index (χ1) is 7.58. The second kappa shape index (κ2) is 5.46. The molecule has 0 unspecified atom stereocenters. The molecule has 4 nitrogen and oxygen atoms in total. The van der Waals surface area contributed by atoms with E-state index in [1.807, 2.05) is 0 Å². The molecule has 5 heteroatoms. The molecule has 0 aliphatic rings. The molecule has 0 amide bonds. The van der Waals surface area contributed by atoms with Gasteiger partial charge in [-0.2, -0.15) is 0 Å². The van der Waals surface area contributed by atoms with Crippen molar-refractivity contribution in [2.75, 3.05) is 13.7 Å². The van der Waals surface area contributed by atoms with Crippen LogP contribution in [0, 0.1) is 11.7 Å². The molecule has 0 saturated carbocycles. The maximum atomic E-state index is 13.3. The number of methoxy groups -OCH3 is 1. The number of hydrogen-bond acceptors (Lipinski definition) is 3. The van der Waals surface area contributed by atoms with E-state index in [0.29, 0.717) is 5.56 Å². The van der Waals surface area contributed by atoms with Crippen LogP contribution in [0.4, 0.5) is 4.39 Å². The molecule has 0 saturated heterocycles. The smallest absolute Gasteiger partial charge is 0.308 e. The molecule has 0 aromatic heterocycles. The topological polar surface area (TPSA) is 72.5 Å². The molecule has 0 aliphatic heterocycles. The molecule has 0 spiro atoms. The van der Waals surface area contributed by atoms with Gasteiger partial charge in [-0.15, -0.1) is 0 Å². The van der Waals surface area contributed by atoms with Crippen LogP contribution >= 0.6 is 0 Å². The number of carbonyl (C=O) groups is 1. The van der Waals surface area contributed by atoms with E-state index in [9.17, 15) is 9.18 Å². The molecular weight excluding hydrogens is 213 g/mol. The van der Waals surface area contributed by atoms with Gasteiger partial charge in [-0.25, -0.2) is 4.39 Å². The molecule has 0 fully saturated rings. The van der Waals surface area contributed by atoms with Crippen LogP contribution in [0.25, 0.3) is 0 Å². The van der Waals surface area contributed by atoms with Crippen molar-refractivity contribution in [3.63, 3.8) is 0 Å². The number of benzene rings is 1. The van der Waals surface area contributed by atoms with E-state index in [-0.39, 0.29) is 18.7 Å². The summed E-state index contributed by atoms with van der Waals surface area (Å²) >= 11 is 0. The maximum Gasteiger partial charge on any atom is 0.308 e. The van der Waals surface area contributed by atoms with Gasteiger partial charge in [-0.1, -0.05) is 6.07 Å². The van der Waals surface area contributed by atoms with Crippen LogP contribution in [0.15, 0.2) is 18.2 Å². The highest BCUT2D eigenvalue weighted by atomic mass is 19.1. The summed E-state index contributed by atoms with van der Waals surface area (Å²) in [5.41, 5.74) is 5.91. The standard InChI is InChI=1S/C11H14FNO3/c1-16-10-3-2-7(5-9(10)12)4-8(6-13)11(14)15/h2-3,5,8H,4,6,13H2,1H3,(H,14,15)/t8-/m0/s1. The molecular formula is C11H14FNO3. The molecule has 0 radical (unpaired) electrons. The second-order valence-electron chi connectivity index (χ2n) is 3.44. The summed E-state index contributed by atoms with van der Waals surface area (Å²) in [5.74, 6) is -2.02. The third kappa shape index (κ3) is 2.93. The number of ether oxygens (including phenoxy) is 1. The van der Waals surface area contributed by atoms with Gasteiger partial charge in [-0.3, -0.25) is 4.79 Å². The van der Waals surface area contributed by atoms with Gasteiger partial charge < -0.3 is 15.6 Å². The van der Waals surface area contributed by atoms with Crippen molar-refractivity contribution in [3.05, 3.63) is 29.6 Å². The Labute approximate surface area is 92.8 Å². The predicted molar refractivity (Wildman–Crippen MR) is 56.8 cm³/mol. The number of hydrogen-bond donors (Lipinski definition) is 2. The Morgan fingerprint density at radius 1 is 1.62 bits per heavy atom. The fourth-order valence-corrected chi connectivity index (χ4v) is 1.39. The maximum absolute atomic E-state index is 13.3. The normalized spacial score (nSPS) is 12.2. The van der Waals surface area contributed by atoms with Gasteiger partial charge in [0.15, 0.2) is 11.6 Å². The second-order valence-corrected chi connectivity index (χ2v) is 3.44. The largest absolute Gasteiger partial charge is 0.494 e. The number of halogens is 1. The van der Waals surface area contributed by atoms with Crippen LogP contribution in [0.5, 0.6) is 5.75 Å². The van der Waals surface area contributed by atoms with E-state index in [0.717, 1.165) is 0 Å². The first-order valence-corrected chi connectivity index (χ1v) is 4.83. The zero-order valence-corrected chi connectivity index (χ0v) is 8.94. The molecule has 16 heavy (non-hydrogen) atoms. The van der Waals surface area contributed by atoms with Gasteiger partial charge in [0.25, 0.3) is 0 Å². The highest BCUT2D eigenvalue weighted by Gasteiger charge is 2.16. The van der Waals surface area contributed by atoms with Crippen LogP contribution in [0.1, 0.15) is 5.56 Å². The average molecular weight is 227 g/mol. The molecule has 0 bridgehead atoms. The summed E-state index contributed by atoms with van der Waals surface area (Å²) in [6, 6.07) is 4.37.